The van der Waals surface area contributed by atoms with Gasteiger partial charge in [0.1, 0.15) is 6.04 Å². The van der Waals surface area contributed by atoms with Gasteiger partial charge in [0.15, 0.2) is 0 Å². The van der Waals surface area contributed by atoms with E-state index in [4.69, 9.17) is 15.6 Å². The molecule has 110 valence electrons. The van der Waals surface area contributed by atoms with Gasteiger partial charge in [-0.05, 0) is 19.8 Å². The van der Waals surface area contributed by atoms with Crippen molar-refractivity contribution in [1.29, 1.82) is 0 Å². The lowest BCUT2D eigenvalue weighted by Gasteiger charge is -2.15. The summed E-state index contributed by atoms with van der Waals surface area (Å²) in [7, 11) is 0. The molecule has 0 aromatic heterocycles. The molecular weight excluding hydrogens is 252 g/mol. The Bertz CT molecular complexity index is 317. The van der Waals surface area contributed by atoms with Crippen LogP contribution in [0.5, 0.6) is 0 Å². The van der Waals surface area contributed by atoms with Crippen LogP contribution >= 0.6 is 0 Å². The minimum absolute atomic E-state index is 0.0151. The molecule has 0 aliphatic heterocycles. The number of carboxylic acid groups (broad SMARTS) is 1. The predicted octanol–water partition coefficient (Wildman–Crippen LogP) is 0.0265. The third kappa shape index (κ3) is 8.15. The van der Waals surface area contributed by atoms with Crippen LogP contribution in [0.2, 0.25) is 0 Å². The van der Waals surface area contributed by atoms with E-state index < -0.39 is 29.9 Å². The predicted molar refractivity (Wildman–Crippen MR) is 68.3 cm³/mol. The van der Waals surface area contributed by atoms with Crippen LogP contribution < -0.4 is 11.1 Å². The van der Waals surface area contributed by atoms with Crippen LogP contribution in [0.3, 0.4) is 0 Å². The summed E-state index contributed by atoms with van der Waals surface area (Å²) in [6, 6.07) is -1.92. The Labute approximate surface area is 112 Å². The second-order valence-electron chi connectivity index (χ2n) is 4.30. The fourth-order valence-corrected chi connectivity index (χ4v) is 1.23. The molecule has 0 aromatic rings. The second-order valence-corrected chi connectivity index (χ2v) is 4.30. The first-order valence-electron chi connectivity index (χ1n) is 6.32. The van der Waals surface area contributed by atoms with Gasteiger partial charge in [0.2, 0.25) is 5.91 Å². The van der Waals surface area contributed by atoms with Crippen LogP contribution in [-0.4, -0.2) is 41.6 Å². The van der Waals surface area contributed by atoms with E-state index in [1.807, 2.05) is 6.92 Å². The van der Waals surface area contributed by atoms with Crippen LogP contribution in [0.15, 0.2) is 0 Å². The zero-order valence-electron chi connectivity index (χ0n) is 11.3. The number of ether oxygens (including phenoxy) is 1. The smallest absolute Gasteiger partial charge is 0.326 e. The Kier molecular flexibility index (Phi) is 8.52. The highest BCUT2D eigenvalue weighted by Gasteiger charge is 2.22. The van der Waals surface area contributed by atoms with E-state index in [0.717, 1.165) is 12.8 Å². The molecule has 4 N–H and O–H groups in total. The number of carbonyl (C=O) groups is 3. The third-order valence-electron chi connectivity index (χ3n) is 2.43. The van der Waals surface area contributed by atoms with Gasteiger partial charge in [0.05, 0.1) is 12.6 Å². The van der Waals surface area contributed by atoms with E-state index in [1.165, 1.54) is 6.92 Å². The molecule has 0 fully saturated rings. The van der Waals surface area contributed by atoms with Gasteiger partial charge in [-0.1, -0.05) is 13.3 Å². The standard InChI is InChI=1S/C12H22N2O5/c1-3-4-7-19-10(15)6-5-9(12(17)18)14-11(16)8(2)13/h8-9H,3-7,13H2,1-2H3,(H,14,16)(H,17,18)/t8-,9-/m1/s1. The van der Waals surface area contributed by atoms with Crippen molar-refractivity contribution in [1.82, 2.24) is 5.32 Å². The summed E-state index contributed by atoms with van der Waals surface area (Å²) in [5.74, 6) is -2.23. The van der Waals surface area contributed by atoms with Crippen LogP contribution in [0.1, 0.15) is 39.5 Å². The number of hydrogen-bond acceptors (Lipinski definition) is 5. The lowest BCUT2D eigenvalue weighted by molar-refractivity contribution is -0.145. The molecule has 19 heavy (non-hydrogen) atoms. The maximum absolute atomic E-state index is 11.3. The average Bonchev–Trinajstić information content (AvgIpc) is 2.33. The Morgan fingerprint density at radius 1 is 1.37 bits per heavy atom. The fourth-order valence-electron chi connectivity index (χ4n) is 1.23. The molecule has 0 heterocycles. The minimum Gasteiger partial charge on any atom is -0.480 e. The van der Waals surface area contributed by atoms with Crippen molar-refractivity contribution in [2.24, 2.45) is 5.73 Å². The molecule has 0 aliphatic rings. The molecule has 7 nitrogen and oxygen atoms in total. The normalized spacial score (nSPS) is 13.4. The first kappa shape index (κ1) is 17.4. The maximum Gasteiger partial charge on any atom is 0.326 e. The highest BCUT2D eigenvalue weighted by atomic mass is 16.5. The fraction of sp³-hybridized carbons (Fsp3) is 0.750. The zero-order valence-corrected chi connectivity index (χ0v) is 11.3. The second kappa shape index (κ2) is 9.32. The first-order chi connectivity index (χ1) is 8.88. The molecule has 1 amide bonds. The summed E-state index contributed by atoms with van der Waals surface area (Å²) in [6.07, 6.45) is 1.61. The molecular formula is C12H22N2O5. The SMILES string of the molecule is CCCCOC(=O)CC[C@@H](NC(=O)[C@@H](C)N)C(=O)O. The molecule has 2 atom stereocenters. The lowest BCUT2D eigenvalue weighted by Crippen LogP contribution is -2.47. The molecule has 0 unspecified atom stereocenters. The Hall–Kier alpha value is -1.63. The van der Waals surface area contributed by atoms with Crippen molar-refractivity contribution in [3.05, 3.63) is 0 Å². The molecule has 0 aromatic carbocycles. The number of carboxylic acids is 1. The highest BCUT2D eigenvalue weighted by molar-refractivity contribution is 5.86. The molecule has 7 heteroatoms. The van der Waals surface area contributed by atoms with E-state index in [0.29, 0.717) is 6.61 Å². The number of aliphatic carboxylic acids is 1. The zero-order chi connectivity index (χ0) is 14.8. The highest BCUT2D eigenvalue weighted by Crippen LogP contribution is 2.01. The number of nitrogens with two attached hydrogens (primary N) is 1. The van der Waals surface area contributed by atoms with Crippen molar-refractivity contribution in [3.63, 3.8) is 0 Å². The van der Waals surface area contributed by atoms with Gasteiger partial charge in [0.25, 0.3) is 0 Å². The number of carbonyl (C=O) groups excluding carboxylic acids is 2. The molecule has 0 saturated carbocycles. The summed E-state index contributed by atoms with van der Waals surface area (Å²) >= 11 is 0. The summed E-state index contributed by atoms with van der Waals surface area (Å²) in [5, 5.41) is 11.2. The van der Waals surface area contributed by atoms with Crippen LogP contribution in [-0.2, 0) is 19.1 Å². The molecule has 0 bridgehead atoms. The summed E-state index contributed by atoms with van der Waals surface area (Å²) in [5.41, 5.74) is 5.32. The average molecular weight is 274 g/mol. The van der Waals surface area contributed by atoms with Gasteiger partial charge in [-0.3, -0.25) is 9.59 Å². The lowest BCUT2D eigenvalue weighted by atomic mass is 10.1. The van der Waals surface area contributed by atoms with Gasteiger partial charge in [-0.15, -0.1) is 0 Å². The van der Waals surface area contributed by atoms with Crippen molar-refractivity contribution >= 4 is 17.8 Å². The number of esters is 1. The maximum atomic E-state index is 11.3. The quantitative estimate of drug-likeness (QED) is 0.403. The van der Waals surface area contributed by atoms with E-state index in [2.05, 4.69) is 5.32 Å². The molecule has 0 spiro atoms. The Morgan fingerprint density at radius 2 is 2.00 bits per heavy atom. The Balaban J connectivity index is 4.11. The third-order valence-corrected chi connectivity index (χ3v) is 2.43. The monoisotopic (exact) mass is 274 g/mol. The number of rotatable bonds is 9. The van der Waals surface area contributed by atoms with Crippen molar-refractivity contribution in [2.45, 2.75) is 51.6 Å². The van der Waals surface area contributed by atoms with Gasteiger partial charge >= 0.3 is 11.9 Å². The van der Waals surface area contributed by atoms with Gasteiger partial charge < -0.3 is 20.9 Å². The van der Waals surface area contributed by atoms with E-state index >= 15 is 0 Å². The minimum atomic E-state index is -1.20. The number of nitrogens with one attached hydrogen (secondary N) is 1. The van der Waals surface area contributed by atoms with Gasteiger partial charge in [-0.2, -0.15) is 0 Å². The Morgan fingerprint density at radius 3 is 2.47 bits per heavy atom. The van der Waals surface area contributed by atoms with Crippen LogP contribution in [0, 0.1) is 0 Å². The largest absolute Gasteiger partial charge is 0.480 e. The molecule has 0 radical (unpaired) electrons. The van der Waals surface area contributed by atoms with E-state index in [-0.39, 0.29) is 12.8 Å². The van der Waals surface area contributed by atoms with Crippen molar-refractivity contribution in [3.8, 4) is 0 Å². The van der Waals surface area contributed by atoms with E-state index in [1.54, 1.807) is 0 Å². The van der Waals surface area contributed by atoms with Gasteiger partial charge in [-0.25, -0.2) is 4.79 Å². The summed E-state index contributed by atoms with van der Waals surface area (Å²) in [6.45, 7) is 3.75. The van der Waals surface area contributed by atoms with Crippen LogP contribution in [0.25, 0.3) is 0 Å². The topological polar surface area (TPSA) is 119 Å². The molecule has 0 rings (SSSR count). The number of unbranched alkanes of at least 4 members (excludes halogenated alkanes) is 1. The molecule has 0 saturated heterocycles. The number of hydrogen-bond donors (Lipinski definition) is 3. The van der Waals surface area contributed by atoms with E-state index in [9.17, 15) is 14.4 Å². The first-order valence-corrected chi connectivity index (χ1v) is 6.32. The number of amides is 1. The van der Waals surface area contributed by atoms with Crippen LogP contribution in [0.4, 0.5) is 0 Å². The summed E-state index contributed by atoms with van der Waals surface area (Å²) < 4.78 is 4.90. The van der Waals surface area contributed by atoms with Gasteiger partial charge in [0, 0.05) is 6.42 Å². The molecule has 0 aliphatic carbocycles. The van der Waals surface area contributed by atoms with Crippen molar-refractivity contribution < 1.29 is 24.2 Å². The summed E-state index contributed by atoms with van der Waals surface area (Å²) in [4.78, 5) is 33.5. The van der Waals surface area contributed by atoms with Crippen molar-refractivity contribution in [2.75, 3.05) is 6.61 Å².